The Morgan fingerprint density at radius 1 is 1.45 bits per heavy atom. The van der Waals surface area contributed by atoms with Gasteiger partial charge in [0.05, 0.1) is 12.6 Å². The Bertz CT molecular complexity index is 426. The van der Waals surface area contributed by atoms with Crippen LogP contribution in [0.25, 0.3) is 0 Å². The number of nitrogens with zero attached hydrogens (tertiary/aromatic N) is 1. The third kappa shape index (κ3) is 3.32. The average Bonchev–Trinajstić information content (AvgIpc) is 2.87. The zero-order valence-corrected chi connectivity index (χ0v) is 13.1. The van der Waals surface area contributed by atoms with Crippen molar-refractivity contribution in [1.29, 1.82) is 0 Å². The molecule has 22 heavy (non-hydrogen) atoms. The highest BCUT2D eigenvalue weighted by atomic mass is 19.4. The lowest BCUT2D eigenvalue weighted by atomic mass is 9.57. The van der Waals surface area contributed by atoms with Crippen molar-refractivity contribution in [3.8, 4) is 0 Å². The number of guanidine groups is 1. The molecule has 2 aliphatic rings. The minimum absolute atomic E-state index is 0.0972. The Morgan fingerprint density at radius 2 is 2.14 bits per heavy atom. The molecule has 0 aromatic rings. The van der Waals surface area contributed by atoms with Crippen molar-refractivity contribution in [1.82, 2.24) is 10.6 Å². The molecule has 1 saturated heterocycles. The molecule has 3 N–H and O–H groups in total. The predicted octanol–water partition coefficient (Wildman–Crippen LogP) is 1.28. The first-order valence-electron chi connectivity index (χ1n) is 7.59. The van der Waals surface area contributed by atoms with Gasteiger partial charge in [-0.25, -0.2) is 0 Å². The van der Waals surface area contributed by atoms with Crippen LogP contribution in [0, 0.1) is 11.3 Å². The standard InChI is InChI=1S/C14H24F3N3O2/c1-4-18-12(19-7-9(21)14(15,16)17)20-10-8-5-6-22-11(8)13(10,2)3/h8-11,21H,4-7H2,1-3H3,(H2,18,19,20). The first kappa shape index (κ1) is 17.3. The SMILES string of the molecule is CCNC(=NCC(O)C(F)(F)F)NC1C2CCOC2C1(C)C. The van der Waals surface area contributed by atoms with Crippen LogP contribution in [0.2, 0.25) is 0 Å². The highest BCUT2D eigenvalue weighted by Gasteiger charge is 2.59. The van der Waals surface area contributed by atoms with Crippen LogP contribution in [0.15, 0.2) is 4.99 Å². The molecule has 4 unspecified atom stereocenters. The molecule has 1 heterocycles. The highest BCUT2D eigenvalue weighted by molar-refractivity contribution is 5.80. The van der Waals surface area contributed by atoms with Crippen LogP contribution in [0.1, 0.15) is 27.2 Å². The largest absolute Gasteiger partial charge is 0.416 e. The number of halogens is 3. The van der Waals surface area contributed by atoms with Crippen molar-refractivity contribution < 1.29 is 23.0 Å². The maximum Gasteiger partial charge on any atom is 0.416 e. The minimum atomic E-state index is -4.65. The van der Waals surface area contributed by atoms with Crippen LogP contribution in [-0.2, 0) is 4.74 Å². The van der Waals surface area contributed by atoms with E-state index in [-0.39, 0.29) is 17.6 Å². The zero-order valence-electron chi connectivity index (χ0n) is 13.1. The second-order valence-electron chi connectivity index (χ2n) is 6.46. The van der Waals surface area contributed by atoms with Gasteiger partial charge in [-0.1, -0.05) is 13.8 Å². The molecule has 0 radical (unpaired) electrons. The molecule has 1 aliphatic heterocycles. The number of ether oxygens (including phenoxy) is 1. The number of hydrogen-bond donors (Lipinski definition) is 3. The number of aliphatic hydroxyl groups excluding tert-OH is 1. The van der Waals surface area contributed by atoms with E-state index in [1.54, 1.807) is 0 Å². The number of aliphatic imine (C=N–C) groups is 1. The summed E-state index contributed by atoms with van der Waals surface area (Å²) in [5, 5.41) is 15.2. The summed E-state index contributed by atoms with van der Waals surface area (Å²) >= 11 is 0. The molecule has 2 rings (SSSR count). The van der Waals surface area contributed by atoms with Crippen LogP contribution in [0.5, 0.6) is 0 Å². The number of rotatable bonds is 4. The maximum atomic E-state index is 12.3. The van der Waals surface area contributed by atoms with Crippen molar-refractivity contribution in [2.45, 2.75) is 51.6 Å². The summed E-state index contributed by atoms with van der Waals surface area (Å²) in [6.45, 7) is 6.53. The van der Waals surface area contributed by atoms with E-state index in [1.165, 1.54) is 0 Å². The monoisotopic (exact) mass is 323 g/mol. The summed E-state index contributed by atoms with van der Waals surface area (Å²) in [5.74, 6) is 0.653. The van der Waals surface area contributed by atoms with Crippen molar-refractivity contribution in [2.75, 3.05) is 19.7 Å². The van der Waals surface area contributed by atoms with E-state index in [2.05, 4.69) is 29.5 Å². The van der Waals surface area contributed by atoms with Crippen LogP contribution in [0.3, 0.4) is 0 Å². The summed E-state index contributed by atoms with van der Waals surface area (Å²) in [4.78, 5) is 3.87. The molecular formula is C14H24F3N3O2. The molecule has 2 fully saturated rings. The zero-order chi connectivity index (χ0) is 16.5. The molecule has 0 aromatic heterocycles. The second kappa shape index (κ2) is 6.23. The van der Waals surface area contributed by atoms with E-state index in [9.17, 15) is 13.2 Å². The first-order valence-corrected chi connectivity index (χ1v) is 7.59. The number of hydrogen-bond acceptors (Lipinski definition) is 3. The van der Waals surface area contributed by atoms with Crippen LogP contribution in [0.4, 0.5) is 13.2 Å². The number of alkyl halides is 3. The lowest BCUT2D eigenvalue weighted by Crippen LogP contribution is -2.68. The predicted molar refractivity (Wildman–Crippen MR) is 76.6 cm³/mol. The first-order chi connectivity index (χ1) is 10.2. The molecular weight excluding hydrogens is 299 g/mol. The maximum absolute atomic E-state index is 12.3. The van der Waals surface area contributed by atoms with Crippen molar-refractivity contribution in [3.05, 3.63) is 0 Å². The number of aliphatic hydroxyl groups is 1. The topological polar surface area (TPSA) is 65.9 Å². The summed E-state index contributed by atoms with van der Waals surface area (Å²) in [5.41, 5.74) is -0.0972. The van der Waals surface area contributed by atoms with E-state index in [0.29, 0.717) is 18.4 Å². The molecule has 0 spiro atoms. The minimum Gasteiger partial charge on any atom is -0.382 e. The molecule has 5 nitrogen and oxygen atoms in total. The van der Waals surface area contributed by atoms with E-state index in [0.717, 1.165) is 13.0 Å². The molecule has 0 bridgehead atoms. The van der Waals surface area contributed by atoms with Gasteiger partial charge in [0.2, 0.25) is 0 Å². The van der Waals surface area contributed by atoms with Gasteiger partial charge in [-0.2, -0.15) is 13.2 Å². The van der Waals surface area contributed by atoms with Crippen LogP contribution >= 0.6 is 0 Å². The molecule has 4 atom stereocenters. The Kier molecular flexibility index (Phi) is 4.91. The smallest absolute Gasteiger partial charge is 0.382 e. The van der Waals surface area contributed by atoms with Gasteiger partial charge in [0, 0.05) is 30.5 Å². The molecule has 1 saturated carbocycles. The van der Waals surface area contributed by atoms with Crippen molar-refractivity contribution in [2.24, 2.45) is 16.3 Å². The third-order valence-electron chi connectivity index (χ3n) is 4.54. The summed E-state index contributed by atoms with van der Waals surface area (Å²) in [6, 6.07) is 0.0980. The van der Waals surface area contributed by atoms with E-state index in [4.69, 9.17) is 9.84 Å². The fourth-order valence-corrected chi connectivity index (χ4v) is 3.37. The molecule has 128 valence electrons. The van der Waals surface area contributed by atoms with Crippen LogP contribution in [-0.4, -0.2) is 55.2 Å². The third-order valence-corrected chi connectivity index (χ3v) is 4.54. The second-order valence-corrected chi connectivity index (χ2v) is 6.46. The van der Waals surface area contributed by atoms with E-state index in [1.807, 2.05) is 6.92 Å². The van der Waals surface area contributed by atoms with Gasteiger partial charge in [0.25, 0.3) is 0 Å². The summed E-state index contributed by atoms with van der Waals surface area (Å²) in [7, 11) is 0. The van der Waals surface area contributed by atoms with Gasteiger partial charge >= 0.3 is 6.18 Å². The lowest BCUT2D eigenvalue weighted by Gasteiger charge is -2.54. The molecule has 1 aliphatic carbocycles. The van der Waals surface area contributed by atoms with E-state index >= 15 is 0 Å². The normalized spacial score (nSPS) is 32.1. The summed E-state index contributed by atoms with van der Waals surface area (Å²) in [6.07, 6.45) is -5.97. The highest BCUT2D eigenvalue weighted by Crippen LogP contribution is 2.52. The molecule has 0 amide bonds. The fraction of sp³-hybridized carbons (Fsp3) is 0.929. The van der Waals surface area contributed by atoms with Crippen molar-refractivity contribution in [3.63, 3.8) is 0 Å². The Balaban J connectivity index is 2.00. The van der Waals surface area contributed by atoms with Crippen molar-refractivity contribution >= 4 is 5.96 Å². The number of fused-ring (bicyclic) bond motifs is 1. The van der Waals surface area contributed by atoms with E-state index < -0.39 is 18.8 Å². The average molecular weight is 323 g/mol. The van der Waals surface area contributed by atoms with Gasteiger partial charge in [-0.05, 0) is 13.3 Å². The Hall–Kier alpha value is -1.02. The molecule has 8 heteroatoms. The molecule has 0 aromatic carbocycles. The van der Waals surface area contributed by atoms with Gasteiger partial charge in [-0.15, -0.1) is 0 Å². The quantitative estimate of drug-likeness (QED) is 0.539. The van der Waals surface area contributed by atoms with Gasteiger partial charge < -0.3 is 20.5 Å². The Labute approximate surface area is 128 Å². The summed E-state index contributed by atoms with van der Waals surface area (Å²) < 4.78 is 42.7. The number of nitrogens with one attached hydrogen (secondary N) is 2. The van der Waals surface area contributed by atoms with Gasteiger partial charge in [-0.3, -0.25) is 4.99 Å². The lowest BCUT2D eigenvalue weighted by molar-refractivity contribution is -0.199. The van der Waals surface area contributed by atoms with Gasteiger partial charge in [0.1, 0.15) is 0 Å². The van der Waals surface area contributed by atoms with Crippen LogP contribution < -0.4 is 10.6 Å². The van der Waals surface area contributed by atoms with Gasteiger partial charge in [0.15, 0.2) is 12.1 Å². The Morgan fingerprint density at radius 3 is 2.73 bits per heavy atom. The fourth-order valence-electron chi connectivity index (χ4n) is 3.37.